The number of thiazole rings is 2. The molecule has 0 atom stereocenters. The minimum absolute atomic E-state index is 0.708. The molecule has 5 nitrogen and oxygen atoms in total. The summed E-state index contributed by atoms with van der Waals surface area (Å²) in [5, 5.41) is 12.3. The van der Waals surface area contributed by atoms with Crippen LogP contribution in [0.1, 0.15) is 21.7 Å². The van der Waals surface area contributed by atoms with Gasteiger partial charge < -0.3 is 0 Å². The Morgan fingerprint density at radius 1 is 1.10 bits per heavy atom. The first-order valence-electron chi connectivity index (χ1n) is 5.96. The Kier molecular flexibility index (Phi) is 3.37. The van der Waals surface area contributed by atoms with Crippen LogP contribution in [0.2, 0.25) is 0 Å². The normalized spacial score (nSPS) is 10.7. The third kappa shape index (κ3) is 2.25. The fourth-order valence-corrected chi connectivity index (χ4v) is 3.49. The molecule has 0 bridgehead atoms. The van der Waals surface area contributed by atoms with E-state index in [1.54, 1.807) is 15.9 Å². The van der Waals surface area contributed by atoms with Crippen molar-refractivity contribution in [1.29, 1.82) is 0 Å². The molecule has 0 aliphatic heterocycles. The van der Waals surface area contributed by atoms with E-state index in [9.17, 15) is 4.79 Å². The van der Waals surface area contributed by atoms with Gasteiger partial charge in [0.15, 0.2) is 6.29 Å². The highest BCUT2D eigenvalue weighted by molar-refractivity contribution is 7.16. The largest absolute Gasteiger partial charge is 0.298 e. The van der Waals surface area contributed by atoms with Gasteiger partial charge in [-0.1, -0.05) is 0 Å². The lowest BCUT2D eigenvalue weighted by molar-refractivity contribution is 0.112. The molecule has 0 radical (unpaired) electrons. The van der Waals surface area contributed by atoms with E-state index in [4.69, 9.17) is 0 Å². The molecule has 0 saturated heterocycles. The molecule has 4 heterocycles. The highest BCUT2D eigenvalue weighted by atomic mass is 32.1. The highest BCUT2D eigenvalue weighted by Gasteiger charge is 2.07. The first-order valence-corrected chi connectivity index (χ1v) is 7.72. The standard InChI is InChI=1S/C7H6N2OS.C6H6N2S/c1-5-6(4-10)7-9(8-5)2-3-11-7;1-5-4-6-8(7-5)2-3-9-6/h2-4H,1H3;2-4H,1H3. The van der Waals surface area contributed by atoms with Gasteiger partial charge in [-0.15, -0.1) is 22.7 Å². The minimum Gasteiger partial charge on any atom is -0.298 e. The first-order chi connectivity index (χ1) is 9.69. The average Bonchev–Trinajstić information content (AvgIpc) is 3.10. The summed E-state index contributed by atoms with van der Waals surface area (Å²) in [6.07, 6.45) is 4.67. The quantitative estimate of drug-likeness (QED) is 0.507. The van der Waals surface area contributed by atoms with Crippen molar-refractivity contribution in [2.24, 2.45) is 0 Å². The van der Waals surface area contributed by atoms with Crippen LogP contribution in [0, 0.1) is 13.8 Å². The predicted octanol–water partition coefficient (Wildman–Crippen LogP) is 3.22. The number of rotatable bonds is 1. The summed E-state index contributed by atoms with van der Waals surface area (Å²) in [5.74, 6) is 0. The highest BCUT2D eigenvalue weighted by Crippen LogP contribution is 2.17. The minimum atomic E-state index is 0.708. The zero-order valence-corrected chi connectivity index (χ0v) is 12.6. The number of nitrogens with zero attached hydrogens (tertiary/aromatic N) is 4. The molecule has 0 spiro atoms. The van der Waals surface area contributed by atoms with Gasteiger partial charge in [0.2, 0.25) is 0 Å². The van der Waals surface area contributed by atoms with Crippen LogP contribution >= 0.6 is 22.7 Å². The van der Waals surface area contributed by atoms with Gasteiger partial charge in [-0.05, 0) is 19.9 Å². The summed E-state index contributed by atoms with van der Waals surface area (Å²) < 4.78 is 3.61. The van der Waals surface area contributed by atoms with Crippen LogP contribution in [0.5, 0.6) is 0 Å². The van der Waals surface area contributed by atoms with Crippen molar-refractivity contribution >= 4 is 38.6 Å². The zero-order chi connectivity index (χ0) is 14.1. The number of carbonyl (C=O) groups excluding carboxylic acids is 1. The second-order valence-electron chi connectivity index (χ2n) is 4.24. The second kappa shape index (κ2) is 5.18. The number of hydrogen-bond donors (Lipinski definition) is 0. The SMILES string of the molecule is Cc1cc2sccn2n1.Cc1nn2ccsc2c1C=O. The van der Waals surface area contributed by atoms with Crippen LogP contribution < -0.4 is 0 Å². The molecule has 0 saturated carbocycles. The van der Waals surface area contributed by atoms with Crippen molar-refractivity contribution in [3.8, 4) is 0 Å². The van der Waals surface area contributed by atoms with Crippen LogP contribution in [0.25, 0.3) is 9.66 Å². The van der Waals surface area contributed by atoms with E-state index in [0.29, 0.717) is 5.56 Å². The number of hydrogen-bond acceptors (Lipinski definition) is 5. The number of aromatic nitrogens is 4. The van der Waals surface area contributed by atoms with Gasteiger partial charge in [0.25, 0.3) is 0 Å². The molecule has 102 valence electrons. The van der Waals surface area contributed by atoms with Crippen molar-refractivity contribution in [3.05, 3.63) is 46.2 Å². The van der Waals surface area contributed by atoms with Gasteiger partial charge in [0.05, 0.1) is 17.0 Å². The summed E-state index contributed by atoms with van der Waals surface area (Å²) in [7, 11) is 0. The van der Waals surface area contributed by atoms with Crippen molar-refractivity contribution < 1.29 is 4.79 Å². The number of fused-ring (bicyclic) bond motifs is 2. The van der Waals surface area contributed by atoms with Crippen molar-refractivity contribution in [1.82, 2.24) is 19.2 Å². The zero-order valence-electron chi connectivity index (χ0n) is 11.0. The van der Waals surface area contributed by atoms with Crippen LogP contribution in [-0.4, -0.2) is 25.5 Å². The lowest BCUT2D eigenvalue weighted by atomic mass is 10.3. The molecule has 0 aliphatic carbocycles. The lowest BCUT2D eigenvalue weighted by Gasteiger charge is -1.79. The molecule has 4 rings (SSSR count). The molecule has 7 heteroatoms. The Morgan fingerprint density at radius 2 is 1.85 bits per heavy atom. The van der Waals surface area contributed by atoms with Crippen molar-refractivity contribution in [3.63, 3.8) is 0 Å². The van der Waals surface area contributed by atoms with E-state index in [0.717, 1.165) is 22.5 Å². The van der Waals surface area contributed by atoms with Gasteiger partial charge in [-0.3, -0.25) is 4.79 Å². The lowest BCUT2D eigenvalue weighted by Crippen LogP contribution is -1.79. The summed E-state index contributed by atoms with van der Waals surface area (Å²) in [6, 6.07) is 2.07. The fraction of sp³-hybridized carbons (Fsp3) is 0.154. The monoisotopic (exact) mass is 304 g/mol. The predicted molar refractivity (Wildman–Crippen MR) is 81.0 cm³/mol. The molecule has 0 fully saturated rings. The molecule has 0 amide bonds. The van der Waals surface area contributed by atoms with Crippen LogP contribution in [0.15, 0.2) is 29.2 Å². The average molecular weight is 304 g/mol. The van der Waals surface area contributed by atoms with Gasteiger partial charge in [0.1, 0.15) is 9.66 Å². The molecule has 20 heavy (non-hydrogen) atoms. The summed E-state index contributed by atoms with van der Waals surface area (Å²) in [6.45, 7) is 3.84. The van der Waals surface area contributed by atoms with E-state index in [2.05, 4.69) is 16.3 Å². The summed E-state index contributed by atoms with van der Waals surface area (Å²) >= 11 is 3.24. The Hall–Kier alpha value is -1.99. The maximum absolute atomic E-state index is 10.6. The number of aldehydes is 1. The van der Waals surface area contributed by atoms with Gasteiger partial charge >= 0.3 is 0 Å². The van der Waals surface area contributed by atoms with E-state index in [1.165, 1.54) is 16.2 Å². The Labute approximate surface area is 123 Å². The van der Waals surface area contributed by atoms with Crippen molar-refractivity contribution in [2.45, 2.75) is 13.8 Å². The van der Waals surface area contributed by atoms with Crippen LogP contribution in [-0.2, 0) is 0 Å². The van der Waals surface area contributed by atoms with E-state index >= 15 is 0 Å². The Balaban J connectivity index is 0.000000123. The third-order valence-corrected chi connectivity index (χ3v) is 4.49. The van der Waals surface area contributed by atoms with Gasteiger partial charge in [-0.2, -0.15) is 10.2 Å². The number of carbonyl (C=O) groups is 1. The molecule has 0 unspecified atom stereocenters. The topological polar surface area (TPSA) is 51.7 Å². The third-order valence-electron chi connectivity index (χ3n) is 2.80. The molecule has 4 aromatic rings. The summed E-state index contributed by atoms with van der Waals surface area (Å²) in [5.41, 5.74) is 2.59. The van der Waals surface area contributed by atoms with E-state index < -0.39 is 0 Å². The fourth-order valence-electron chi connectivity index (χ4n) is 1.89. The Bertz CT molecular complexity index is 839. The molecule has 0 N–H and O–H groups in total. The molecule has 0 aromatic carbocycles. The second-order valence-corrected chi connectivity index (χ2v) is 6.06. The van der Waals surface area contributed by atoms with Crippen LogP contribution in [0.3, 0.4) is 0 Å². The van der Waals surface area contributed by atoms with E-state index in [-0.39, 0.29) is 0 Å². The van der Waals surface area contributed by atoms with Crippen molar-refractivity contribution in [2.75, 3.05) is 0 Å². The van der Waals surface area contributed by atoms with Crippen LogP contribution in [0.4, 0.5) is 0 Å². The first kappa shape index (κ1) is 13.0. The Morgan fingerprint density at radius 3 is 2.60 bits per heavy atom. The maximum Gasteiger partial charge on any atom is 0.154 e. The smallest absolute Gasteiger partial charge is 0.154 e. The number of aryl methyl sites for hydroxylation is 2. The molecular formula is C13H12N4OS2. The summed E-state index contributed by atoms with van der Waals surface area (Å²) in [4.78, 5) is 12.7. The van der Waals surface area contributed by atoms with Gasteiger partial charge in [-0.25, -0.2) is 9.03 Å². The maximum atomic E-state index is 10.6. The van der Waals surface area contributed by atoms with Gasteiger partial charge in [0, 0.05) is 23.2 Å². The molecule has 0 aliphatic rings. The van der Waals surface area contributed by atoms with E-state index in [1.807, 2.05) is 41.5 Å². The molecular weight excluding hydrogens is 292 g/mol. The molecule has 4 aromatic heterocycles.